The SMILES string of the molecule is CC1CNCC1C(=O)N[C@H](C)c1cccnc1. The molecule has 1 saturated heterocycles. The van der Waals surface area contributed by atoms with Gasteiger partial charge in [0.2, 0.25) is 5.91 Å². The van der Waals surface area contributed by atoms with Crippen LogP contribution in [0.2, 0.25) is 0 Å². The zero-order valence-corrected chi connectivity index (χ0v) is 10.3. The minimum Gasteiger partial charge on any atom is -0.349 e. The number of hydrogen-bond acceptors (Lipinski definition) is 3. The van der Waals surface area contributed by atoms with Gasteiger partial charge in [0, 0.05) is 18.9 Å². The molecule has 2 N–H and O–H groups in total. The van der Waals surface area contributed by atoms with Crippen molar-refractivity contribution < 1.29 is 4.79 Å². The predicted octanol–water partition coefficient (Wildman–Crippen LogP) is 1.11. The summed E-state index contributed by atoms with van der Waals surface area (Å²) in [6.45, 7) is 5.81. The second kappa shape index (κ2) is 5.27. The fraction of sp³-hybridized carbons (Fsp3) is 0.538. The molecule has 3 atom stereocenters. The van der Waals surface area contributed by atoms with Gasteiger partial charge in [-0.1, -0.05) is 13.0 Å². The summed E-state index contributed by atoms with van der Waals surface area (Å²) in [5.41, 5.74) is 1.04. The van der Waals surface area contributed by atoms with E-state index in [0.717, 1.165) is 18.7 Å². The molecule has 2 rings (SSSR count). The Labute approximate surface area is 102 Å². The summed E-state index contributed by atoms with van der Waals surface area (Å²) >= 11 is 0. The van der Waals surface area contributed by atoms with E-state index in [1.54, 1.807) is 12.4 Å². The lowest BCUT2D eigenvalue weighted by atomic mass is 9.96. The summed E-state index contributed by atoms with van der Waals surface area (Å²) < 4.78 is 0. The fourth-order valence-corrected chi connectivity index (χ4v) is 2.20. The molecule has 0 aliphatic carbocycles. The number of rotatable bonds is 3. The molecule has 0 radical (unpaired) electrons. The van der Waals surface area contributed by atoms with Crippen molar-refractivity contribution in [2.24, 2.45) is 11.8 Å². The molecule has 1 aromatic rings. The zero-order valence-electron chi connectivity index (χ0n) is 10.3. The van der Waals surface area contributed by atoms with Gasteiger partial charge in [-0.3, -0.25) is 9.78 Å². The Bertz CT molecular complexity index is 380. The molecular weight excluding hydrogens is 214 g/mol. The van der Waals surface area contributed by atoms with Crippen molar-refractivity contribution in [2.45, 2.75) is 19.9 Å². The van der Waals surface area contributed by atoms with E-state index >= 15 is 0 Å². The largest absolute Gasteiger partial charge is 0.349 e. The highest BCUT2D eigenvalue weighted by Gasteiger charge is 2.30. The van der Waals surface area contributed by atoms with Gasteiger partial charge in [-0.2, -0.15) is 0 Å². The minimum absolute atomic E-state index is 0.0176. The van der Waals surface area contributed by atoms with Gasteiger partial charge in [-0.05, 0) is 31.0 Å². The lowest BCUT2D eigenvalue weighted by molar-refractivity contribution is -0.126. The number of aromatic nitrogens is 1. The van der Waals surface area contributed by atoms with E-state index in [9.17, 15) is 4.79 Å². The zero-order chi connectivity index (χ0) is 12.3. The number of nitrogens with one attached hydrogen (secondary N) is 2. The average Bonchev–Trinajstić information content (AvgIpc) is 2.76. The molecule has 1 aliphatic heterocycles. The Hall–Kier alpha value is -1.42. The number of carbonyl (C=O) groups excluding carboxylic acids is 1. The van der Waals surface area contributed by atoms with Gasteiger partial charge in [0.1, 0.15) is 0 Å². The molecule has 0 aromatic carbocycles. The van der Waals surface area contributed by atoms with Gasteiger partial charge in [-0.25, -0.2) is 0 Å². The molecule has 2 unspecified atom stereocenters. The number of hydrogen-bond donors (Lipinski definition) is 2. The number of amides is 1. The second-order valence-electron chi connectivity index (χ2n) is 4.76. The van der Waals surface area contributed by atoms with Gasteiger partial charge in [0.25, 0.3) is 0 Å². The van der Waals surface area contributed by atoms with E-state index in [-0.39, 0.29) is 17.9 Å². The predicted molar refractivity (Wildman–Crippen MR) is 66.3 cm³/mol. The molecule has 0 spiro atoms. The van der Waals surface area contributed by atoms with Crippen LogP contribution in [0.15, 0.2) is 24.5 Å². The summed E-state index contributed by atoms with van der Waals surface area (Å²) in [6.07, 6.45) is 3.53. The summed E-state index contributed by atoms with van der Waals surface area (Å²) in [7, 11) is 0. The van der Waals surface area contributed by atoms with Crippen LogP contribution >= 0.6 is 0 Å². The van der Waals surface area contributed by atoms with Crippen LogP contribution in [-0.2, 0) is 4.79 Å². The summed E-state index contributed by atoms with van der Waals surface area (Å²) in [5, 5.41) is 6.29. The highest BCUT2D eigenvalue weighted by molar-refractivity contribution is 5.80. The molecule has 2 heterocycles. The maximum absolute atomic E-state index is 12.1. The quantitative estimate of drug-likeness (QED) is 0.822. The first-order chi connectivity index (χ1) is 8.18. The normalized spacial score (nSPS) is 25.5. The third-order valence-corrected chi connectivity index (χ3v) is 3.40. The van der Waals surface area contributed by atoms with Gasteiger partial charge in [0.15, 0.2) is 0 Å². The molecule has 1 aromatic heterocycles. The standard InChI is InChI=1S/C13H19N3O/c1-9-6-15-8-12(9)13(17)16-10(2)11-4-3-5-14-7-11/h3-5,7,9-10,12,15H,6,8H2,1-2H3,(H,16,17)/t9?,10-,12?/m1/s1. The van der Waals surface area contributed by atoms with Crippen molar-refractivity contribution in [2.75, 3.05) is 13.1 Å². The van der Waals surface area contributed by atoms with Gasteiger partial charge >= 0.3 is 0 Å². The first kappa shape index (κ1) is 12.0. The molecular formula is C13H19N3O. The molecule has 17 heavy (non-hydrogen) atoms. The number of carbonyl (C=O) groups is 1. The summed E-state index contributed by atoms with van der Waals surface area (Å²) in [4.78, 5) is 16.1. The van der Waals surface area contributed by atoms with Crippen LogP contribution in [0, 0.1) is 11.8 Å². The molecule has 1 fully saturated rings. The van der Waals surface area contributed by atoms with Crippen molar-refractivity contribution >= 4 is 5.91 Å². The summed E-state index contributed by atoms with van der Waals surface area (Å²) in [6, 6.07) is 3.88. The monoisotopic (exact) mass is 233 g/mol. The molecule has 92 valence electrons. The lowest BCUT2D eigenvalue weighted by Crippen LogP contribution is -2.35. The van der Waals surface area contributed by atoms with E-state index < -0.39 is 0 Å². The van der Waals surface area contributed by atoms with Crippen molar-refractivity contribution in [3.63, 3.8) is 0 Å². The first-order valence-electron chi connectivity index (χ1n) is 6.09. The lowest BCUT2D eigenvalue weighted by Gasteiger charge is -2.19. The number of nitrogens with zero attached hydrogens (tertiary/aromatic N) is 1. The van der Waals surface area contributed by atoms with E-state index in [1.165, 1.54) is 0 Å². The Morgan fingerprint density at radius 3 is 3.00 bits per heavy atom. The minimum atomic E-state index is 0.0176. The Morgan fingerprint density at radius 1 is 1.59 bits per heavy atom. The molecule has 0 saturated carbocycles. The highest BCUT2D eigenvalue weighted by atomic mass is 16.2. The van der Waals surface area contributed by atoms with Crippen molar-refractivity contribution in [1.29, 1.82) is 0 Å². The Morgan fingerprint density at radius 2 is 2.41 bits per heavy atom. The van der Waals surface area contributed by atoms with Crippen LogP contribution in [0.25, 0.3) is 0 Å². The molecule has 1 amide bonds. The van der Waals surface area contributed by atoms with Crippen molar-refractivity contribution in [1.82, 2.24) is 15.6 Å². The fourth-order valence-electron chi connectivity index (χ4n) is 2.20. The maximum atomic E-state index is 12.1. The van der Waals surface area contributed by atoms with Gasteiger partial charge in [-0.15, -0.1) is 0 Å². The van der Waals surface area contributed by atoms with Crippen LogP contribution < -0.4 is 10.6 Å². The Balaban J connectivity index is 1.95. The van der Waals surface area contributed by atoms with Crippen LogP contribution in [0.3, 0.4) is 0 Å². The smallest absolute Gasteiger partial charge is 0.225 e. The highest BCUT2D eigenvalue weighted by Crippen LogP contribution is 2.18. The van der Waals surface area contributed by atoms with E-state index in [2.05, 4.69) is 22.5 Å². The average molecular weight is 233 g/mol. The third kappa shape index (κ3) is 2.82. The van der Waals surface area contributed by atoms with E-state index in [1.807, 2.05) is 19.1 Å². The van der Waals surface area contributed by atoms with E-state index in [0.29, 0.717) is 5.92 Å². The van der Waals surface area contributed by atoms with Crippen LogP contribution in [0.4, 0.5) is 0 Å². The van der Waals surface area contributed by atoms with Crippen LogP contribution in [0.1, 0.15) is 25.5 Å². The van der Waals surface area contributed by atoms with Crippen molar-refractivity contribution in [3.8, 4) is 0 Å². The van der Waals surface area contributed by atoms with Crippen molar-refractivity contribution in [3.05, 3.63) is 30.1 Å². The van der Waals surface area contributed by atoms with Gasteiger partial charge in [0.05, 0.1) is 12.0 Å². The molecule has 0 bridgehead atoms. The second-order valence-corrected chi connectivity index (χ2v) is 4.76. The van der Waals surface area contributed by atoms with Crippen LogP contribution in [0.5, 0.6) is 0 Å². The molecule has 4 nitrogen and oxygen atoms in total. The Kier molecular flexibility index (Phi) is 3.74. The molecule has 4 heteroatoms. The first-order valence-corrected chi connectivity index (χ1v) is 6.09. The summed E-state index contributed by atoms with van der Waals surface area (Å²) in [5.74, 6) is 0.643. The third-order valence-electron chi connectivity index (χ3n) is 3.40. The van der Waals surface area contributed by atoms with E-state index in [4.69, 9.17) is 0 Å². The van der Waals surface area contributed by atoms with Crippen LogP contribution in [-0.4, -0.2) is 24.0 Å². The maximum Gasteiger partial charge on any atom is 0.225 e. The molecule has 1 aliphatic rings. The topological polar surface area (TPSA) is 54.0 Å². The number of pyridine rings is 1. The van der Waals surface area contributed by atoms with Gasteiger partial charge < -0.3 is 10.6 Å².